The van der Waals surface area contributed by atoms with Crippen LogP contribution in [-0.2, 0) is 11.3 Å². The van der Waals surface area contributed by atoms with Crippen LogP contribution in [0.3, 0.4) is 0 Å². The number of hydrogen-bond donors (Lipinski definition) is 1. The van der Waals surface area contributed by atoms with E-state index in [2.05, 4.69) is 20.5 Å². The van der Waals surface area contributed by atoms with Crippen LogP contribution in [0.5, 0.6) is 0 Å². The topological polar surface area (TPSA) is 72.7 Å². The van der Waals surface area contributed by atoms with E-state index >= 15 is 0 Å². The van der Waals surface area contributed by atoms with Crippen LogP contribution >= 0.6 is 46.3 Å². The van der Waals surface area contributed by atoms with Gasteiger partial charge in [0, 0.05) is 22.2 Å². The molecule has 0 aliphatic rings. The molecule has 30 heavy (non-hydrogen) atoms. The molecule has 0 aliphatic heterocycles. The number of benzene rings is 2. The quantitative estimate of drug-likeness (QED) is 0.357. The van der Waals surface area contributed by atoms with E-state index in [4.69, 9.17) is 23.2 Å². The highest BCUT2D eigenvalue weighted by Gasteiger charge is 2.18. The van der Waals surface area contributed by atoms with Crippen molar-refractivity contribution in [3.63, 3.8) is 0 Å². The first-order valence-corrected chi connectivity index (χ1v) is 11.5. The molecular weight excluding hydrogens is 461 g/mol. The standard InChI is InChI=1S/C20H15Cl2N5OS2/c21-14-6-7-15(16(22)10-14)18-25-26-20(27(18)11-13-4-2-1-3-5-13)30-12-17(28)24-19-23-8-9-29-19/h1-10H,11-12H2,(H,23,24,28). The third-order valence-electron chi connectivity index (χ3n) is 4.08. The van der Waals surface area contributed by atoms with Crippen molar-refractivity contribution in [2.24, 2.45) is 0 Å². The highest BCUT2D eigenvalue weighted by Crippen LogP contribution is 2.32. The monoisotopic (exact) mass is 475 g/mol. The van der Waals surface area contributed by atoms with Crippen molar-refractivity contribution in [3.8, 4) is 11.4 Å². The molecule has 152 valence electrons. The molecule has 0 atom stereocenters. The molecule has 2 aromatic heterocycles. The molecule has 0 radical (unpaired) electrons. The van der Waals surface area contributed by atoms with Crippen LogP contribution in [0.1, 0.15) is 5.56 Å². The normalized spacial score (nSPS) is 10.9. The van der Waals surface area contributed by atoms with Gasteiger partial charge >= 0.3 is 0 Å². The molecule has 0 fully saturated rings. The lowest BCUT2D eigenvalue weighted by Gasteiger charge is -2.11. The predicted molar refractivity (Wildman–Crippen MR) is 122 cm³/mol. The van der Waals surface area contributed by atoms with Crippen molar-refractivity contribution < 1.29 is 4.79 Å². The lowest BCUT2D eigenvalue weighted by atomic mass is 10.2. The molecule has 1 amide bonds. The summed E-state index contributed by atoms with van der Waals surface area (Å²) in [6.07, 6.45) is 1.64. The van der Waals surface area contributed by atoms with Crippen molar-refractivity contribution >= 4 is 57.3 Å². The molecule has 2 aromatic carbocycles. The number of halogens is 2. The fourth-order valence-corrected chi connectivity index (χ4v) is 4.52. The molecule has 10 heteroatoms. The first-order chi connectivity index (χ1) is 14.6. The van der Waals surface area contributed by atoms with Gasteiger partial charge in [-0.2, -0.15) is 0 Å². The molecule has 0 bridgehead atoms. The number of aromatic nitrogens is 4. The van der Waals surface area contributed by atoms with Crippen LogP contribution in [0.4, 0.5) is 5.13 Å². The number of nitrogens with one attached hydrogen (secondary N) is 1. The smallest absolute Gasteiger partial charge is 0.236 e. The Hall–Kier alpha value is -2.39. The average Bonchev–Trinajstić information content (AvgIpc) is 3.38. The van der Waals surface area contributed by atoms with Crippen molar-refractivity contribution in [2.45, 2.75) is 11.7 Å². The van der Waals surface area contributed by atoms with Gasteiger partial charge in [0.2, 0.25) is 5.91 Å². The minimum atomic E-state index is -0.157. The molecular formula is C20H15Cl2N5OS2. The van der Waals surface area contributed by atoms with E-state index in [0.29, 0.717) is 32.7 Å². The Morgan fingerprint density at radius 1 is 1.13 bits per heavy atom. The fourth-order valence-electron chi connectivity index (χ4n) is 2.74. The number of thiazole rings is 1. The van der Waals surface area contributed by atoms with Crippen molar-refractivity contribution in [1.29, 1.82) is 0 Å². The maximum Gasteiger partial charge on any atom is 0.236 e. The first-order valence-electron chi connectivity index (χ1n) is 8.85. The van der Waals surface area contributed by atoms with E-state index < -0.39 is 0 Å². The minimum absolute atomic E-state index is 0.157. The molecule has 1 N–H and O–H groups in total. The number of carbonyl (C=O) groups is 1. The number of carbonyl (C=O) groups excluding carboxylic acids is 1. The summed E-state index contributed by atoms with van der Waals surface area (Å²) in [7, 11) is 0. The SMILES string of the molecule is O=C(CSc1nnc(-c2ccc(Cl)cc2Cl)n1Cc1ccccc1)Nc1nccs1. The summed E-state index contributed by atoms with van der Waals surface area (Å²) < 4.78 is 1.95. The highest BCUT2D eigenvalue weighted by molar-refractivity contribution is 7.99. The Balaban J connectivity index is 1.61. The van der Waals surface area contributed by atoms with Crippen LogP contribution in [0.15, 0.2) is 65.3 Å². The summed E-state index contributed by atoms with van der Waals surface area (Å²) in [5.74, 6) is 0.638. The Kier molecular flexibility index (Phi) is 6.69. The van der Waals surface area contributed by atoms with E-state index in [1.807, 2.05) is 41.0 Å². The van der Waals surface area contributed by atoms with E-state index in [-0.39, 0.29) is 11.7 Å². The number of thioether (sulfide) groups is 1. The van der Waals surface area contributed by atoms with Gasteiger partial charge in [-0.3, -0.25) is 9.36 Å². The van der Waals surface area contributed by atoms with Gasteiger partial charge in [-0.25, -0.2) is 4.98 Å². The molecule has 0 saturated heterocycles. The number of nitrogens with zero attached hydrogens (tertiary/aromatic N) is 4. The average molecular weight is 476 g/mol. The second-order valence-electron chi connectivity index (χ2n) is 6.18. The van der Waals surface area contributed by atoms with Gasteiger partial charge in [-0.15, -0.1) is 21.5 Å². The van der Waals surface area contributed by atoms with Crippen LogP contribution in [0, 0.1) is 0 Å². The zero-order valence-electron chi connectivity index (χ0n) is 15.5. The predicted octanol–water partition coefficient (Wildman–Crippen LogP) is 5.49. The van der Waals surface area contributed by atoms with Gasteiger partial charge in [0.25, 0.3) is 0 Å². The second kappa shape index (κ2) is 9.61. The lowest BCUT2D eigenvalue weighted by Crippen LogP contribution is -2.14. The Morgan fingerprint density at radius 3 is 2.70 bits per heavy atom. The molecule has 0 spiro atoms. The van der Waals surface area contributed by atoms with Gasteiger partial charge in [-0.05, 0) is 23.8 Å². The fraction of sp³-hybridized carbons (Fsp3) is 0.100. The Bertz CT molecular complexity index is 1150. The summed E-state index contributed by atoms with van der Waals surface area (Å²) in [6, 6.07) is 15.2. The molecule has 4 rings (SSSR count). The van der Waals surface area contributed by atoms with Crippen LogP contribution in [0.25, 0.3) is 11.4 Å². The third-order valence-corrected chi connectivity index (χ3v) is 6.29. The number of amides is 1. The van der Waals surface area contributed by atoms with Gasteiger partial charge in [0.15, 0.2) is 16.1 Å². The Labute approximate surface area is 191 Å². The van der Waals surface area contributed by atoms with E-state index in [1.54, 1.807) is 23.7 Å². The van der Waals surface area contributed by atoms with Gasteiger partial charge in [0.1, 0.15) is 0 Å². The number of hydrogen-bond acceptors (Lipinski definition) is 6. The largest absolute Gasteiger partial charge is 0.301 e. The molecule has 0 aliphatic carbocycles. The van der Waals surface area contributed by atoms with Crippen LogP contribution < -0.4 is 5.32 Å². The molecule has 4 aromatic rings. The van der Waals surface area contributed by atoms with E-state index in [9.17, 15) is 4.79 Å². The van der Waals surface area contributed by atoms with Crippen molar-refractivity contribution in [1.82, 2.24) is 19.7 Å². The van der Waals surface area contributed by atoms with Crippen molar-refractivity contribution in [3.05, 3.63) is 75.7 Å². The van der Waals surface area contributed by atoms with Crippen LogP contribution in [0.2, 0.25) is 10.0 Å². The molecule has 0 unspecified atom stereocenters. The first kappa shape index (κ1) is 20.9. The summed E-state index contributed by atoms with van der Waals surface area (Å²) >= 11 is 15.1. The highest BCUT2D eigenvalue weighted by atomic mass is 35.5. The lowest BCUT2D eigenvalue weighted by molar-refractivity contribution is -0.113. The van der Waals surface area contributed by atoms with Gasteiger partial charge < -0.3 is 5.32 Å². The maximum atomic E-state index is 12.3. The van der Waals surface area contributed by atoms with Gasteiger partial charge in [-0.1, -0.05) is 65.3 Å². The maximum absolute atomic E-state index is 12.3. The number of anilines is 1. The zero-order valence-corrected chi connectivity index (χ0v) is 18.6. The van der Waals surface area contributed by atoms with Crippen LogP contribution in [-0.4, -0.2) is 31.4 Å². The number of rotatable bonds is 7. The summed E-state index contributed by atoms with van der Waals surface area (Å²) in [5.41, 5.74) is 1.81. The van der Waals surface area contributed by atoms with Gasteiger partial charge in [0.05, 0.1) is 17.3 Å². The summed E-state index contributed by atoms with van der Waals surface area (Å²) in [5, 5.41) is 15.5. The Morgan fingerprint density at radius 2 is 1.97 bits per heavy atom. The van der Waals surface area contributed by atoms with E-state index in [0.717, 1.165) is 11.1 Å². The molecule has 0 saturated carbocycles. The molecule has 6 nitrogen and oxygen atoms in total. The summed E-state index contributed by atoms with van der Waals surface area (Å²) in [6.45, 7) is 0.540. The third kappa shape index (κ3) is 5.02. The second-order valence-corrected chi connectivity index (χ2v) is 8.86. The van der Waals surface area contributed by atoms with Crippen molar-refractivity contribution in [2.75, 3.05) is 11.1 Å². The minimum Gasteiger partial charge on any atom is -0.301 e. The van der Waals surface area contributed by atoms with E-state index in [1.165, 1.54) is 23.1 Å². The summed E-state index contributed by atoms with van der Waals surface area (Å²) in [4.78, 5) is 16.3. The molecule has 2 heterocycles. The zero-order chi connectivity index (χ0) is 20.9.